The van der Waals surface area contributed by atoms with Crippen molar-refractivity contribution in [1.29, 1.82) is 0 Å². The average Bonchev–Trinajstić information content (AvgIpc) is 2.72. The van der Waals surface area contributed by atoms with E-state index in [-0.39, 0.29) is 5.25 Å². The van der Waals surface area contributed by atoms with Crippen LogP contribution in [0.4, 0.5) is 13.2 Å². The van der Waals surface area contributed by atoms with E-state index in [4.69, 9.17) is 9.90 Å². The van der Waals surface area contributed by atoms with Crippen LogP contribution in [0.2, 0.25) is 0 Å². The van der Waals surface area contributed by atoms with E-state index >= 15 is 0 Å². The van der Waals surface area contributed by atoms with Gasteiger partial charge in [-0.15, -0.1) is 0 Å². The topological polar surface area (TPSA) is 86.7 Å². The Morgan fingerprint density at radius 2 is 1.77 bits per heavy atom. The smallest absolute Gasteiger partial charge is 0.475 e. The Kier molecular flexibility index (Phi) is 6.64. The number of nitrogens with one attached hydrogen (secondary N) is 1. The molecule has 10 heteroatoms. The summed E-state index contributed by atoms with van der Waals surface area (Å²) in [5.74, 6) is -2.46. The highest BCUT2D eigenvalue weighted by Gasteiger charge is 2.45. The number of sulfonamides is 1. The number of aliphatic carboxylic acids is 1. The average molecular weight is 394 g/mol. The monoisotopic (exact) mass is 394 g/mol. The third-order valence-corrected chi connectivity index (χ3v) is 6.83. The van der Waals surface area contributed by atoms with Gasteiger partial charge in [0.2, 0.25) is 10.0 Å². The molecule has 0 radical (unpaired) electrons. The predicted octanol–water partition coefficient (Wildman–Crippen LogP) is 1.83. The van der Waals surface area contributed by atoms with Crippen molar-refractivity contribution in [2.45, 2.75) is 30.8 Å². The minimum absolute atomic E-state index is 0.175. The lowest BCUT2D eigenvalue weighted by Crippen LogP contribution is -2.30. The molecule has 2 aliphatic rings. The van der Waals surface area contributed by atoms with Gasteiger partial charge >= 0.3 is 12.1 Å². The van der Waals surface area contributed by atoms with Crippen LogP contribution in [0.5, 0.6) is 0 Å². The van der Waals surface area contributed by atoms with Crippen molar-refractivity contribution in [3.05, 3.63) is 35.9 Å². The van der Waals surface area contributed by atoms with Crippen molar-refractivity contribution < 1.29 is 31.5 Å². The Hall–Kier alpha value is -1.65. The second-order valence-corrected chi connectivity index (χ2v) is 8.40. The highest BCUT2D eigenvalue weighted by Crippen LogP contribution is 2.33. The summed E-state index contributed by atoms with van der Waals surface area (Å²) in [6, 6.07) is 9.86. The minimum Gasteiger partial charge on any atom is -0.475 e. The number of carboxylic acid groups (broad SMARTS) is 1. The normalized spacial score (nSPS) is 25.5. The van der Waals surface area contributed by atoms with Crippen molar-refractivity contribution in [3.8, 4) is 0 Å². The molecular formula is C16H21F3N2O4S. The fourth-order valence-corrected chi connectivity index (χ4v) is 5.41. The maximum absolute atomic E-state index is 12.6. The van der Waals surface area contributed by atoms with Crippen LogP contribution in [0.15, 0.2) is 30.3 Å². The molecule has 2 atom stereocenters. The molecule has 146 valence electrons. The summed E-state index contributed by atoms with van der Waals surface area (Å²) in [5.41, 5.74) is 1.07. The third-order valence-electron chi connectivity index (χ3n) is 4.45. The SMILES string of the molecule is O=C(O)C(F)(F)F.O=S1(=O)[C@@H]2CCNCC[C@@H]2CN1Cc1ccccc1. The Bertz CT molecular complexity index is 710. The van der Waals surface area contributed by atoms with Crippen LogP contribution in [0.3, 0.4) is 0 Å². The minimum atomic E-state index is -5.08. The second kappa shape index (κ2) is 8.36. The highest BCUT2D eigenvalue weighted by molar-refractivity contribution is 7.90. The molecule has 26 heavy (non-hydrogen) atoms. The summed E-state index contributed by atoms with van der Waals surface area (Å²) in [5, 5.41) is 10.2. The largest absolute Gasteiger partial charge is 0.490 e. The van der Waals surface area contributed by atoms with Gasteiger partial charge in [-0.2, -0.15) is 17.5 Å². The van der Waals surface area contributed by atoms with Crippen LogP contribution in [0.1, 0.15) is 18.4 Å². The van der Waals surface area contributed by atoms with Gasteiger partial charge < -0.3 is 10.4 Å². The van der Waals surface area contributed by atoms with Crippen molar-refractivity contribution in [2.24, 2.45) is 5.92 Å². The Labute approximate surface area is 150 Å². The molecule has 2 heterocycles. The van der Waals surface area contributed by atoms with Gasteiger partial charge in [0, 0.05) is 13.1 Å². The lowest BCUT2D eigenvalue weighted by Gasteiger charge is -2.16. The van der Waals surface area contributed by atoms with Crippen LogP contribution < -0.4 is 5.32 Å². The van der Waals surface area contributed by atoms with E-state index in [0.717, 1.165) is 31.5 Å². The first-order valence-electron chi connectivity index (χ1n) is 8.16. The van der Waals surface area contributed by atoms with E-state index in [0.29, 0.717) is 19.0 Å². The number of fused-ring (bicyclic) bond motifs is 1. The fraction of sp³-hybridized carbons (Fsp3) is 0.562. The Morgan fingerprint density at radius 3 is 2.35 bits per heavy atom. The summed E-state index contributed by atoms with van der Waals surface area (Å²) in [4.78, 5) is 8.90. The van der Waals surface area contributed by atoms with Crippen LogP contribution in [0, 0.1) is 5.92 Å². The molecule has 6 nitrogen and oxygen atoms in total. The van der Waals surface area contributed by atoms with Gasteiger partial charge in [0.05, 0.1) is 5.25 Å². The maximum atomic E-state index is 12.6. The second-order valence-electron chi connectivity index (χ2n) is 6.25. The van der Waals surface area contributed by atoms with Gasteiger partial charge in [0.15, 0.2) is 0 Å². The molecule has 0 aliphatic carbocycles. The Balaban J connectivity index is 0.000000298. The van der Waals surface area contributed by atoms with Gasteiger partial charge in [-0.05, 0) is 37.4 Å². The number of alkyl halides is 3. The first-order chi connectivity index (χ1) is 12.1. The lowest BCUT2D eigenvalue weighted by molar-refractivity contribution is -0.192. The zero-order chi connectivity index (χ0) is 19.4. The molecule has 0 spiro atoms. The number of nitrogens with zero attached hydrogens (tertiary/aromatic N) is 1. The molecule has 0 bridgehead atoms. The molecule has 3 rings (SSSR count). The summed E-state index contributed by atoms with van der Waals surface area (Å²) < 4.78 is 58.6. The van der Waals surface area contributed by atoms with E-state index in [1.54, 1.807) is 4.31 Å². The van der Waals surface area contributed by atoms with Gasteiger partial charge in [-0.1, -0.05) is 30.3 Å². The number of benzene rings is 1. The van der Waals surface area contributed by atoms with Crippen molar-refractivity contribution in [1.82, 2.24) is 9.62 Å². The third kappa shape index (κ3) is 5.18. The zero-order valence-electron chi connectivity index (χ0n) is 13.9. The molecule has 1 aromatic carbocycles. The number of hydrogen-bond acceptors (Lipinski definition) is 4. The summed E-state index contributed by atoms with van der Waals surface area (Å²) in [6.45, 7) is 2.96. The van der Waals surface area contributed by atoms with E-state index < -0.39 is 22.2 Å². The fourth-order valence-electron chi connectivity index (χ4n) is 3.18. The maximum Gasteiger partial charge on any atom is 0.490 e. The number of hydrogen-bond donors (Lipinski definition) is 2. The standard InChI is InChI=1S/C14H20N2O2S.C2HF3O2/c17-19(18)14-7-9-15-8-6-13(14)11-16(19)10-12-4-2-1-3-5-12;3-2(4,5)1(6)7/h1-5,13-15H,6-11H2;(H,6,7)/t13-,14-;/m1./s1. The van der Waals surface area contributed by atoms with Crippen molar-refractivity contribution >= 4 is 16.0 Å². The zero-order valence-corrected chi connectivity index (χ0v) is 14.8. The van der Waals surface area contributed by atoms with Gasteiger partial charge in [0.25, 0.3) is 0 Å². The van der Waals surface area contributed by atoms with E-state index in [2.05, 4.69) is 5.32 Å². The molecule has 2 aliphatic heterocycles. The molecule has 2 N–H and O–H groups in total. The van der Waals surface area contributed by atoms with Crippen LogP contribution in [-0.2, 0) is 21.4 Å². The molecule has 0 unspecified atom stereocenters. The molecule has 0 amide bonds. The van der Waals surface area contributed by atoms with Gasteiger partial charge in [0.1, 0.15) is 0 Å². The van der Waals surface area contributed by atoms with Crippen molar-refractivity contribution in [3.63, 3.8) is 0 Å². The summed E-state index contributed by atoms with van der Waals surface area (Å²) in [6.07, 6.45) is -3.37. The van der Waals surface area contributed by atoms with E-state index in [1.807, 2.05) is 30.3 Å². The Morgan fingerprint density at radius 1 is 1.19 bits per heavy atom. The molecule has 0 saturated carbocycles. The van der Waals surface area contributed by atoms with E-state index in [1.165, 1.54) is 0 Å². The highest BCUT2D eigenvalue weighted by atomic mass is 32.2. The number of carbonyl (C=O) groups is 1. The molecule has 1 aromatic rings. The van der Waals surface area contributed by atoms with Gasteiger partial charge in [-0.25, -0.2) is 13.2 Å². The van der Waals surface area contributed by atoms with Crippen LogP contribution >= 0.6 is 0 Å². The summed E-state index contributed by atoms with van der Waals surface area (Å²) in [7, 11) is -3.12. The quantitative estimate of drug-likeness (QED) is 0.799. The number of rotatable bonds is 2. The lowest BCUT2D eigenvalue weighted by atomic mass is 10.0. The number of carboxylic acids is 1. The first-order valence-corrected chi connectivity index (χ1v) is 9.66. The van der Waals surface area contributed by atoms with Crippen LogP contribution in [-0.4, -0.2) is 54.9 Å². The molecular weight excluding hydrogens is 373 g/mol. The van der Waals surface area contributed by atoms with Crippen molar-refractivity contribution in [2.75, 3.05) is 19.6 Å². The molecule has 2 fully saturated rings. The van der Waals surface area contributed by atoms with E-state index in [9.17, 15) is 21.6 Å². The van der Waals surface area contributed by atoms with Gasteiger partial charge in [-0.3, -0.25) is 0 Å². The summed E-state index contributed by atoms with van der Waals surface area (Å²) >= 11 is 0. The number of halogens is 3. The molecule has 0 aromatic heterocycles. The first kappa shape index (κ1) is 20.7. The van der Waals surface area contributed by atoms with Crippen LogP contribution in [0.25, 0.3) is 0 Å². The molecule has 2 saturated heterocycles. The predicted molar refractivity (Wildman–Crippen MR) is 88.8 cm³/mol.